The second kappa shape index (κ2) is 8.36. The number of benzene rings is 5. The number of aromatic nitrogens is 1. The van der Waals surface area contributed by atoms with E-state index in [1.807, 2.05) is 13.8 Å². The number of hydrogen-bond donors (Lipinski definition) is 0. The molecule has 0 aliphatic carbocycles. The largest absolute Gasteiger partial charge is 0.309 e. The Morgan fingerprint density at radius 2 is 1.12 bits per heavy atom. The minimum atomic E-state index is 1.19. The molecule has 0 bridgehead atoms. The fourth-order valence-electron chi connectivity index (χ4n) is 4.69. The molecule has 6 rings (SSSR count). The van der Waals surface area contributed by atoms with Crippen LogP contribution in [-0.2, 0) is 0 Å². The van der Waals surface area contributed by atoms with Crippen molar-refractivity contribution in [2.24, 2.45) is 0 Å². The van der Waals surface area contributed by atoms with E-state index < -0.39 is 0 Å². The molecule has 0 fully saturated rings. The van der Waals surface area contributed by atoms with E-state index in [1.54, 1.807) is 0 Å². The lowest BCUT2D eigenvalue weighted by Gasteiger charge is -2.11. The number of para-hydroxylation sites is 2. The molecule has 0 aliphatic heterocycles. The number of aryl methyl sites for hydroxylation is 1. The lowest BCUT2D eigenvalue weighted by molar-refractivity contribution is 1.18. The maximum Gasteiger partial charge on any atom is 0.0547 e. The molecular formula is C31H27N. The fraction of sp³-hybridized carbons (Fsp3) is 0.0968. The first kappa shape index (κ1) is 20.1. The van der Waals surface area contributed by atoms with Crippen LogP contribution in [0.25, 0.3) is 49.4 Å². The van der Waals surface area contributed by atoms with Gasteiger partial charge in [-0.25, -0.2) is 0 Å². The standard InChI is InChI=1S/C29H21N.C2H6/c1-20-15-17-24(25-12-6-5-11-23(20)25)21-16-18-27-26-13-7-8-14-28(26)30(29(27)19-21)22-9-3-2-4-10-22;1-2/h2-19H,1H3;1-2H3. The maximum atomic E-state index is 2.38. The third-order valence-electron chi connectivity index (χ3n) is 6.14. The third kappa shape index (κ3) is 3.18. The molecule has 1 heteroatoms. The molecule has 1 aromatic heterocycles. The summed E-state index contributed by atoms with van der Waals surface area (Å²) in [5.74, 6) is 0. The highest BCUT2D eigenvalue weighted by atomic mass is 15.0. The van der Waals surface area contributed by atoms with Gasteiger partial charge in [-0.05, 0) is 58.7 Å². The average Bonchev–Trinajstić information content (AvgIpc) is 3.20. The van der Waals surface area contributed by atoms with Gasteiger partial charge < -0.3 is 4.57 Å². The zero-order chi connectivity index (χ0) is 22.1. The van der Waals surface area contributed by atoms with Gasteiger partial charge >= 0.3 is 0 Å². The molecule has 0 saturated heterocycles. The molecular weight excluding hydrogens is 386 g/mol. The summed E-state index contributed by atoms with van der Waals surface area (Å²) in [5.41, 5.74) is 7.51. The first-order chi connectivity index (χ1) is 15.8. The van der Waals surface area contributed by atoms with Gasteiger partial charge in [0, 0.05) is 16.5 Å². The van der Waals surface area contributed by atoms with Gasteiger partial charge in [0.25, 0.3) is 0 Å². The van der Waals surface area contributed by atoms with Crippen molar-refractivity contribution in [3.05, 3.63) is 115 Å². The Labute approximate surface area is 189 Å². The number of fused-ring (bicyclic) bond motifs is 4. The van der Waals surface area contributed by atoms with Crippen molar-refractivity contribution >= 4 is 32.6 Å². The number of hydrogen-bond acceptors (Lipinski definition) is 0. The highest BCUT2D eigenvalue weighted by molar-refractivity contribution is 6.11. The van der Waals surface area contributed by atoms with E-state index >= 15 is 0 Å². The van der Waals surface area contributed by atoms with Gasteiger partial charge in [-0.1, -0.05) is 98.8 Å². The molecule has 5 aromatic carbocycles. The summed E-state index contributed by atoms with van der Waals surface area (Å²) in [7, 11) is 0. The van der Waals surface area contributed by atoms with Gasteiger partial charge in [0.15, 0.2) is 0 Å². The van der Waals surface area contributed by atoms with Gasteiger partial charge in [0.05, 0.1) is 11.0 Å². The van der Waals surface area contributed by atoms with E-state index in [1.165, 1.54) is 55.0 Å². The molecule has 0 spiro atoms. The van der Waals surface area contributed by atoms with Crippen molar-refractivity contribution in [2.75, 3.05) is 0 Å². The van der Waals surface area contributed by atoms with Gasteiger partial charge in [-0.15, -0.1) is 0 Å². The quantitative estimate of drug-likeness (QED) is 0.267. The normalized spacial score (nSPS) is 11.0. The highest BCUT2D eigenvalue weighted by Crippen LogP contribution is 2.37. The van der Waals surface area contributed by atoms with Crippen LogP contribution < -0.4 is 0 Å². The van der Waals surface area contributed by atoms with E-state index in [2.05, 4.69) is 121 Å². The molecule has 6 aromatic rings. The first-order valence-electron chi connectivity index (χ1n) is 11.4. The maximum absolute atomic E-state index is 2.38. The molecule has 0 unspecified atom stereocenters. The predicted octanol–water partition coefficient (Wildman–Crippen LogP) is 8.94. The van der Waals surface area contributed by atoms with Crippen LogP contribution in [0.4, 0.5) is 0 Å². The molecule has 156 valence electrons. The zero-order valence-electron chi connectivity index (χ0n) is 18.8. The van der Waals surface area contributed by atoms with Crippen LogP contribution in [0.2, 0.25) is 0 Å². The lowest BCUT2D eigenvalue weighted by atomic mass is 9.95. The Hall–Kier alpha value is -3.84. The van der Waals surface area contributed by atoms with E-state index in [9.17, 15) is 0 Å². The van der Waals surface area contributed by atoms with E-state index in [0.717, 1.165) is 0 Å². The monoisotopic (exact) mass is 413 g/mol. The summed E-state index contributed by atoms with van der Waals surface area (Å²) in [4.78, 5) is 0. The molecule has 0 radical (unpaired) electrons. The third-order valence-corrected chi connectivity index (χ3v) is 6.14. The van der Waals surface area contributed by atoms with Crippen LogP contribution in [-0.4, -0.2) is 4.57 Å². The summed E-state index contributed by atoms with van der Waals surface area (Å²) in [6.07, 6.45) is 0. The lowest BCUT2D eigenvalue weighted by Crippen LogP contribution is -1.93. The van der Waals surface area contributed by atoms with Crippen molar-refractivity contribution in [3.63, 3.8) is 0 Å². The van der Waals surface area contributed by atoms with Gasteiger partial charge in [0.2, 0.25) is 0 Å². The second-order valence-corrected chi connectivity index (χ2v) is 7.90. The molecule has 0 atom stereocenters. The molecule has 0 saturated carbocycles. The van der Waals surface area contributed by atoms with E-state index in [4.69, 9.17) is 0 Å². The molecule has 32 heavy (non-hydrogen) atoms. The Kier molecular flexibility index (Phi) is 5.25. The van der Waals surface area contributed by atoms with Crippen molar-refractivity contribution in [1.82, 2.24) is 4.57 Å². The summed E-state index contributed by atoms with van der Waals surface area (Å²) >= 11 is 0. The van der Waals surface area contributed by atoms with Crippen molar-refractivity contribution < 1.29 is 0 Å². The Balaban J connectivity index is 0.00000105. The van der Waals surface area contributed by atoms with Crippen LogP contribution in [0, 0.1) is 6.92 Å². The summed E-state index contributed by atoms with van der Waals surface area (Å²) in [6, 6.07) is 39.4. The van der Waals surface area contributed by atoms with Crippen LogP contribution in [0.5, 0.6) is 0 Å². The Morgan fingerprint density at radius 1 is 0.500 bits per heavy atom. The first-order valence-corrected chi connectivity index (χ1v) is 11.4. The molecule has 1 nitrogen and oxygen atoms in total. The van der Waals surface area contributed by atoms with Crippen LogP contribution in [0.1, 0.15) is 19.4 Å². The Bertz CT molecular complexity index is 1540. The minimum absolute atomic E-state index is 1.19. The fourth-order valence-corrected chi connectivity index (χ4v) is 4.69. The van der Waals surface area contributed by atoms with Gasteiger partial charge in [0.1, 0.15) is 0 Å². The van der Waals surface area contributed by atoms with Crippen LogP contribution >= 0.6 is 0 Å². The van der Waals surface area contributed by atoms with Gasteiger partial charge in [-0.2, -0.15) is 0 Å². The molecule has 1 heterocycles. The summed E-state index contributed by atoms with van der Waals surface area (Å²) in [6.45, 7) is 6.18. The van der Waals surface area contributed by atoms with Crippen molar-refractivity contribution in [1.29, 1.82) is 0 Å². The number of nitrogens with zero attached hydrogens (tertiary/aromatic N) is 1. The van der Waals surface area contributed by atoms with E-state index in [-0.39, 0.29) is 0 Å². The highest BCUT2D eigenvalue weighted by Gasteiger charge is 2.14. The summed E-state index contributed by atoms with van der Waals surface area (Å²) < 4.78 is 2.38. The smallest absolute Gasteiger partial charge is 0.0547 e. The minimum Gasteiger partial charge on any atom is -0.309 e. The van der Waals surface area contributed by atoms with Crippen molar-refractivity contribution in [2.45, 2.75) is 20.8 Å². The molecule has 0 N–H and O–H groups in total. The zero-order valence-corrected chi connectivity index (χ0v) is 18.8. The molecule has 0 aliphatic rings. The van der Waals surface area contributed by atoms with Crippen LogP contribution in [0.3, 0.4) is 0 Å². The summed E-state index contributed by atoms with van der Waals surface area (Å²) in [5, 5.41) is 5.20. The predicted molar refractivity (Wildman–Crippen MR) is 140 cm³/mol. The Morgan fingerprint density at radius 3 is 1.91 bits per heavy atom. The SMILES string of the molecule is CC.Cc1ccc(-c2ccc3c4ccccc4n(-c4ccccc4)c3c2)c2ccccc12. The molecule has 0 amide bonds. The second-order valence-electron chi connectivity index (χ2n) is 7.90. The van der Waals surface area contributed by atoms with E-state index in [0.29, 0.717) is 0 Å². The topological polar surface area (TPSA) is 4.93 Å². The van der Waals surface area contributed by atoms with Crippen molar-refractivity contribution in [3.8, 4) is 16.8 Å². The van der Waals surface area contributed by atoms with Gasteiger partial charge in [-0.3, -0.25) is 0 Å². The van der Waals surface area contributed by atoms with Crippen LogP contribution in [0.15, 0.2) is 109 Å². The average molecular weight is 414 g/mol. The number of rotatable bonds is 2.